The molecule has 2 N–H and O–H groups in total. The Kier molecular flexibility index (Phi) is 4.93. The molecule has 0 aromatic carbocycles. The average molecular weight is 248 g/mol. The zero-order valence-electron chi connectivity index (χ0n) is 11.3. The molecule has 4 heteroatoms. The van der Waals surface area contributed by atoms with Crippen LogP contribution >= 0.6 is 0 Å². The van der Waals surface area contributed by atoms with Gasteiger partial charge in [-0.05, 0) is 24.9 Å². The second-order valence-corrected chi connectivity index (χ2v) is 5.23. The lowest BCUT2D eigenvalue weighted by Crippen LogP contribution is -2.22. The van der Waals surface area contributed by atoms with Gasteiger partial charge >= 0.3 is 0 Å². The van der Waals surface area contributed by atoms with Gasteiger partial charge in [-0.2, -0.15) is 0 Å². The van der Waals surface area contributed by atoms with Crippen LogP contribution in [0.5, 0.6) is 0 Å². The van der Waals surface area contributed by atoms with Gasteiger partial charge in [0.25, 0.3) is 0 Å². The van der Waals surface area contributed by atoms with Gasteiger partial charge in [-0.1, -0.05) is 25.7 Å². The van der Waals surface area contributed by atoms with Crippen LogP contribution in [0, 0.1) is 5.92 Å². The molecule has 0 atom stereocenters. The Labute approximate surface area is 110 Å². The molecule has 0 bridgehead atoms. The van der Waals surface area contributed by atoms with Gasteiger partial charge in [0.15, 0.2) is 0 Å². The van der Waals surface area contributed by atoms with E-state index in [0.29, 0.717) is 6.54 Å². The largest absolute Gasteiger partial charge is 0.360 e. The highest BCUT2D eigenvalue weighted by Crippen LogP contribution is 2.27. The maximum Gasteiger partial charge on any atom is 0.131 e. The summed E-state index contributed by atoms with van der Waals surface area (Å²) in [5.74, 6) is 2.80. The fourth-order valence-electron chi connectivity index (χ4n) is 2.64. The van der Waals surface area contributed by atoms with Crippen molar-refractivity contribution in [2.24, 2.45) is 11.7 Å². The van der Waals surface area contributed by atoms with Crippen molar-refractivity contribution in [3.63, 3.8) is 0 Å². The molecular formula is C14H24N4. The summed E-state index contributed by atoms with van der Waals surface area (Å²) in [6.45, 7) is 1.69. The van der Waals surface area contributed by atoms with E-state index in [1.807, 2.05) is 12.3 Å². The first kappa shape index (κ1) is 13.3. The van der Waals surface area contributed by atoms with Crippen LogP contribution < -0.4 is 10.6 Å². The van der Waals surface area contributed by atoms with Crippen molar-refractivity contribution < 1.29 is 0 Å². The standard InChI is InChI=1S/C14H24N4/c1-18(11-8-12-4-2-3-5-12)14-7-10-16-13(17-14)6-9-15/h7,10,12H,2-6,8-9,11,15H2,1H3. The van der Waals surface area contributed by atoms with Gasteiger partial charge < -0.3 is 10.6 Å². The molecule has 2 rings (SSSR count). The molecule has 0 saturated heterocycles. The third-order valence-corrected chi connectivity index (χ3v) is 3.80. The molecule has 1 aromatic rings. The third kappa shape index (κ3) is 3.67. The Hall–Kier alpha value is -1.16. The van der Waals surface area contributed by atoms with E-state index in [4.69, 9.17) is 5.73 Å². The second kappa shape index (κ2) is 6.69. The van der Waals surface area contributed by atoms with Crippen molar-refractivity contribution in [2.75, 3.05) is 25.0 Å². The SMILES string of the molecule is CN(CCC1CCCC1)c1ccnc(CCN)n1. The molecule has 0 spiro atoms. The van der Waals surface area contributed by atoms with Crippen LogP contribution in [0.25, 0.3) is 0 Å². The summed E-state index contributed by atoms with van der Waals surface area (Å²) < 4.78 is 0. The molecule has 0 radical (unpaired) electrons. The van der Waals surface area contributed by atoms with Crippen LogP contribution in [0.15, 0.2) is 12.3 Å². The lowest BCUT2D eigenvalue weighted by molar-refractivity contribution is 0.504. The number of hydrogen-bond acceptors (Lipinski definition) is 4. The Morgan fingerprint density at radius 2 is 2.17 bits per heavy atom. The summed E-state index contributed by atoms with van der Waals surface area (Å²) in [4.78, 5) is 11.0. The van der Waals surface area contributed by atoms with Crippen LogP contribution in [0.2, 0.25) is 0 Å². The smallest absolute Gasteiger partial charge is 0.131 e. The van der Waals surface area contributed by atoms with Gasteiger partial charge in [-0.15, -0.1) is 0 Å². The van der Waals surface area contributed by atoms with E-state index in [1.165, 1.54) is 32.1 Å². The van der Waals surface area contributed by atoms with Crippen LogP contribution in [-0.2, 0) is 6.42 Å². The van der Waals surface area contributed by atoms with Crippen molar-refractivity contribution in [3.8, 4) is 0 Å². The molecule has 0 amide bonds. The molecule has 4 nitrogen and oxygen atoms in total. The van der Waals surface area contributed by atoms with E-state index in [2.05, 4.69) is 21.9 Å². The first-order chi connectivity index (χ1) is 8.79. The normalized spacial score (nSPS) is 16.1. The quantitative estimate of drug-likeness (QED) is 0.836. The third-order valence-electron chi connectivity index (χ3n) is 3.80. The minimum Gasteiger partial charge on any atom is -0.360 e. The highest BCUT2D eigenvalue weighted by Gasteiger charge is 2.15. The molecule has 0 aliphatic heterocycles. The second-order valence-electron chi connectivity index (χ2n) is 5.23. The fraction of sp³-hybridized carbons (Fsp3) is 0.714. The first-order valence-corrected chi connectivity index (χ1v) is 7.02. The van der Waals surface area contributed by atoms with Crippen molar-refractivity contribution >= 4 is 5.82 Å². The summed E-state index contributed by atoms with van der Waals surface area (Å²) in [7, 11) is 2.11. The maximum absolute atomic E-state index is 5.53. The van der Waals surface area contributed by atoms with Gasteiger partial charge in [0.05, 0.1) is 0 Å². The van der Waals surface area contributed by atoms with Crippen LogP contribution in [0.4, 0.5) is 5.82 Å². The van der Waals surface area contributed by atoms with Crippen LogP contribution in [0.1, 0.15) is 37.9 Å². The topological polar surface area (TPSA) is 55.0 Å². The van der Waals surface area contributed by atoms with Crippen molar-refractivity contribution in [1.29, 1.82) is 0 Å². The number of anilines is 1. The Morgan fingerprint density at radius 3 is 2.89 bits per heavy atom. The lowest BCUT2D eigenvalue weighted by atomic mass is 10.0. The molecule has 100 valence electrons. The molecular weight excluding hydrogens is 224 g/mol. The molecule has 1 aliphatic rings. The number of hydrogen-bond donors (Lipinski definition) is 1. The molecule has 1 saturated carbocycles. The Balaban J connectivity index is 1.86. The number of aromatic nitrogens is 2. The Bertz CT molecular complexity index is 361. The van der Waals surface area contributed by atoms with Crippen molar-refractivity contribution in [3.05, 3.63) is 18.1 Å². The van der Waals surface area contributed by atoms with E-state index in [0.717, 1.165) is 30.5 Å². The zero-order valence-corrected chi connectivity index (χ0v) is 11.3. The minimum absolute atomic E-state index is 0.606. The van der Waals surface area contributed by atoms with Gasteiger partial charge in [0.1, 0.15) is 11.6 Å². The highest BCUT2D eigenvalue weighted by molar-refractivity contribution is 5.36. The summed E-state index contributed by atoms with van der Waals surface area (Å²) in [6.07, 6.45) is 9.54. The summed E-state index contributed by atoms with van der Waals surface area (Å²) in [6, 6.07) is 1.98. The number of nitrogens with two attached hydrogens (primary N) is 1. The minimum atomic E-state index is 0.606. The zero-order chi connectivity index (χ0) is 12.8. The van der Waals surface area contributed by atoms with E-state index < -0.39 is 0 Å². The molecule has 18 heavy (non-hydrogen) atoms. The first-order valence-electron chi connectivity index (χ1n) is 7.02. The van der Waals surface area contributed by atoms with Crippen LogP contribution in [-0.4, -0.2) is 30.1 Å². The van der Waals surface area contributed by atoms with Gasteiger partial charge in [0, 0.05) is 26.2 Å². The van der Waals surface area contributed by atoms with E-state index >= 15 is 0 Å². The van der Waals surface area contributed by atoms with Gasteiger partial charge in [-0.25, -0.2) is 9.97 Å². The predicted molar refractivity (Wildman–Crippen MR) is 74.6 cm³/mol. The summed E-state index contributed by atoms with van der Waals surface area (Å²) in [5, 5.41) is 0. The lowest BCUT2D eigenvalue weighted by Gasteiger charge is -2.20. The molecule has 1 aliphatic carbocycles. The van der Waals surface area contributed by atoms with Crippen molar-refractivity contribution in [2.45, 2.75) is 38.5 Å². The highest BCUT2D eigenvalue weighted by atomic mass is 15.2. The predicted octanol–water partition coefficient (Wildman–Crippen LogP) is 1.99. The van der Waals surface area contributed by atoms with Crippen LogP contribution in [0.3, 0.4) is 0 Å². The van der Waals surface area contributed by atoms with Gasteiger partial charge in [-0.3, -0.25) is 0 Å². The number of rotatable bonds is 6. The van der Waals surface area contributed by atoms with E-state index in [9.17, 15) is 0 Å². The summed E-state index contributed by atoms with van der Waals surface area (Å²) in [5.41, 5.74) is 5.53. The molecule has 1 aromatic heterocycles. The Morgan fingerprint density at radius 1 is 1.39 bits per heavy atom. The molecule has 0 unspecified atom stereocenters. The molecule has 1 fully saturated rings. The van der Waals surface area contributed by atoms with Gasteiger partial charge in [0.2, 0.25) is 0 Å². The van der Waals surface area contributed by atoms with E-state index in [-0.39, 0.29) is 0 Å². The van der Waals surface area contributed by atoms with Crippen molar-refractivity contribution in [1.82, 2.24) is 9.97 Å². The monoisotopic (exact) mass is 248 g/mol. The fourth-order valence-corrected chi connectivity index (χ4v) is 2.64. The average Bonchev–Trinajstić information content (AvgIpc) is 2.90. The van der Waals surface area contributed by atoms with E-state index in [1.54, 1.807) is 0 Å². The molecule has 1 heterocycles. The summed E-state index contributed by atoms with van der Waals surface area (Å²) >= 11 is 0. The number of nitrogens with zero attached hydrogens (tertiary/aromatic N) is 3. The maximum atomic E-state index is 5.53.